The lowest BCUT2D eigenvalue weighted by Gasteiger charge is -2.21. The van der Waals surface area contributed by atoms with Crippen molar-refractivity contribution in [1.29, 1.82) is 0 Å². The van der Waals surface area contributed by atoms with E-state index in [1.807, 2.05) is 42.5 Å². The SMILES string of the molecule is C[C@@]1(c2ccc(OC(F)F)cc2)NC(=O)N(/N=C\c2cccc3ccccc23)C1=O. The Morgan fingerprint density at radius 1 is 1.03 bits per heavy atom. The number of urea groups is 1. The molecule has 1 fully saturated rings. The average Bonchev–Trinajstić information content (AvgIpc) is 2.95. The van der Waals surface area contributed by atoms with Gasteiger partial charge in [0.05, 0.1) is 6.21 Å². The van der Waals surface area contributed by atoms with E-state index < -0.39 is 24.1 Å². The molecule has 30 heavy (non-hydrogen) atoms. The van der Waals surface area contributed by atoms with E-state index in [1.54, 1.807) is 0 Å². The lowest BCUT2D eigenvalue weighted by atomic mass is 9.92. The molecule has 4 rings (SSSR count). The molecule has 0 unspecified atom stereocenters. The maximum atomic E-state index is 13.0. The summed E-state index contributed by atoms with van der Waals surface area (Å²) in [6.07, 6.45) is 1.46. The summed E-state index contributed by atoms with van der Waals surface area (Å²) in [5.74, 6) is -0.619. The maximum Gasteiger partial charge on any atom is 0.387 e. The number of fused-ring (bicyclic) bond motifs is 1. The fourth-order valence-electron chi connectivity index (χ4n) is 3.38. The molecule has 1 aliphatic heterocycles. The van der Waals surface area contributed by atoms with E-state index in [1.165, 1.54) is 37.4 Å². The number of halogens is 2. The van der Waals surface area contributed by atoms with Crippen LogP contribution in [0.25, 0.3) is 10.8 Å². The minimum absolute atomic E-state index is 0.0417. The van der Waals surface area contributed by atoms with Crippen LogP contribution in [0.3, 0.4) is 0 Å². The Hall–Kier alpha value is -3.81. The van der Waals surface area contributed by atoms with Gasteiger partial charge in [-0.2, -0.15) is 13.9 Å². The van der Waals surface area contributed by atoms with Crippen LogP contribution in [0.5, 0.6) is 5.75 Å². The summed E-state index contributed by atoms with van der Waals surface area (Å²) in [4.78, 5) is 25.4. The molecule has 8 heteroatoms. The van der Waals surface area contributed by atoms with Crippen LogP contribution in [-0.4, -0.2) is 29.8 Å². The zero-order valence-corrected chi connectivity index (χ0v) is 15.9. The Balaban J connectivity index is 1.60. The van der Waals surface area contributed by atoms with Gasteiger partial charge in [0, 0.05) is 5.56 Å². The monoisotopic (exact) mass is 409 g/mol. The Morgan fingerprint density at radius 2 is 1.73 bits per heavy atom. The van der Waals surface area contributed by atoms with E-state index in [9.17, 15) is 18.4 Å². The van der Waals surface area contributed by atoms with Gasteiger partial charge in [-0.05, 0) is 35.4 Å². The Labute approximate surface area is 170 Å². The molecule has 0 radical (unpaired) electrons. The average molecular weight is 409 g/mol. The molecule has 152 valence electrons. The Kier molecular flexibility index (Phi) is 4.91. The predicted molar refractivity (Wildman–Crippen MR) is 107 cm³/mol. The van der Waals surface area contributed by atoms with Crippen LogP contribution < -0.4 is 10.1 Å². The molecule has 0 aromatic heterocycles. The molecular weight excluding hydrogens is 392 g/mol. The summed E-state index contributed by atoms with van der Waals surface area (Å²) >= 11 is 0. The third-order valence-electron chi connectivity index (χ3n) is 4.96. The molecule has 0 saturated carbocycles. The molecule has 0 spiro atoms. The minimum atomic E-state index is -2.95. The van der Waals surface area contributed by atoms with Crippen molar-refractivity contribution in [3.63, 3.8) is 0 Å². The van der Waals surface area contributed by atoms with Crippen molar-refractivity contribution in [3.8, 4) is 5.75 Å². The number of amides is 3. The van der Waals surface area contributed by atoms with Crippen LogP contribution in [-0.2, 0) is 10.3 Å². The van der Waals surface area contributed by atoms with Crippen LogP contribution in [0.15, 0.2) is 71.8 Å². The quantitative estimate of drug-likeness (QED) is 0.506. The number of nitrogens with one attached hydrogen (secondary N) is 1. The van der Waals surface area contributed by atoms with E-state index in [-0.39, 0.29) is 5.75 Å². The lowest BCUT2D eigenvalue weighted by molar-refractivity contribution is -0.131. The van der Waals surface area contributed by atoms with Gasteiger partial charge in [-0.15, -0.1) is 5.01 Å². The smallest absolute Gasteiger partial charge is 0.387 e. The first-order chi connectivity index (χ1) is 14.4. The molecule has 1 atom stereocenters. The second-order valence-corrected chi connectivity index (χ2v) is 6.89. The number of hydrogen-bond acceptors (Lipinski definition) is 4. The summed E-state index contributed by atoms with van der Waals surface area (Å²) < 4.78 is 29.0. The summed E-state index contributed by atoms with van der Waals surface area (Å²) in [5, 5.41) is 9.44. The first-order valence-electron chi connectivity index (χ1n) is 9.12. The highest BCUT2D eigenvalue weighted by atomic mass is 19.3. The minimum Gasteiger partial charge on any atom is -0.435 e. The number of benzene rings is 3. The van der Waals surface area contributed by atoms with Gasteiger partial charge in [0.25, 0.3) is 5.91 Å². The number of rotatable bonds is 5. The molecule has 3 aromatic rings. The molecule has 0 bridgehead atoms. The van der Waals surface area contributed by atoms with Crippen molar-refractivity contribution in [2.75, 3.05) is 0 Å². The van der Waals surface area contributed by atoms with Crippen molar-refractivity contribution in [1.82, 2.24) is 10.3 Å². The van der Waals surface area contributed by atoms with E-state index in [2.05, 4.69) is 15.2 Å². The zero-order chi connectivity index (χ0) is 21.3. The van der Waals surface area contributed by atoms with E-state index in [0.717, 1.165) is 21.3 Å². The van der Waals surface area contributed by atoms with Crippen LogP contribution in [0, 0.1) is 0 Å². The zero-order valence-electron chi connectivity index (χ0n) is 15.9. The fourth-order valence-corrected chi connectivity index (χ4v) is 3.38. The largest absolute Gasteiger partial charge is 0.435 e. The number of carbonyl (C=O) groups is 2. The summed E-state index contributed by atoms with van der Waals surface area (Å²) in [6.45, 7) is -1.41. The molecule has 1 aliphatic rings. The Morgan fingerprint density at radius 3 is 2.47 bits per heavy atom. The summed E-state index contributed by atoms with van der Waals surface area (Å²) in [6, 6.07) is 18.2. The fraction of sp³-hybridized carbons (Fsp3) is 0.136. The van der Waals surface area contributed by atoms with Crippen molar-refractivity contribution >= 4 is 28.9 Å². The number of imide groups is 1. The van der Waals surface area contributed by atoms with E-state index in [0.29, 0.717) is 5.56 Å². The number of hydrazone groups is 1. The van der Waals surface area contributed by atoms with Crippen molar-refractivity contribution in [2.45, 2.75) is 19.1 Å². The van der Waals surface area contributed by atoms with Crippen LogP contribution in [0.2, 0.25) is 0 Å². The van der Waals surface area contributed by atoms with Crippen LogP contribution in [0.1, 0.15) is 18.1 Å². The van der Waals surface area contributed by atoms with E-state index >= 15 is 0 Å². The molecule has 6 nitrogen and oxygen atoms in total. The lowest BCUT2D eigenvalue weighted by Crippen LogP contribution is -2.40. The molecule has 3 aromatic carbocycles. The molecule has 1 heterocycles. The van der Waals surface area contributed by atoms with Gasteiger partial charge in [-0.1, -0.05) is 54.6 Å². The van der Waals surface area contributed by atoms with Gasteiger partial charge < -0.3 is 10.1 Å². The van der Waals surface area contributed by atoms with Gasteiger partial charge in [0.15, 0.2) is 0 Å². The molecule has 1 N–H and O–H groups in total. The number of carbonyl (C=O) groups excluding carboxylic acids is 2. The highest BCUT2D eigenvalue weighted by Gasteiger charge is 2.49. The van der Waals surface area contributed by atoms with Crippen molar-refractivity contribution < 1.29 is 23.1 Å². The first kappa shape index (κ1) is 19.5. The molecule has 0 aliphatic carbocycles. The van der Waals surface area contributed by atoms with Crippen molar-refractivity contribution in [2.24, 2.45) is 5.10 Å². The first-order valence-corrected chi connectivity index (χ1v) is 9.12. The van der Waals surface area contributed by atoms with Gasteiger partial charge in [0.2, 0.25) is 0 Å². The normalized spacial score (nSPS) is 19.1. The Bertz CT molecular complexity index is 1140. The summed E-state index contributed by atoms with van der Waals surface area (Å²) in [7, 11) is 0. The maximum absolute atomic E-state index is 13.0. The molecular formula is C22H17F2N3O3. The highest BCUT2D eigenvalue weighted by Crippen LogP contribution is 2.30. The molecule has 3 amide bonds. The second kappa shape index (κ2) is 7.55. The topological polar surface area (TPSA) is 71.0 Å². The summed E-state index contributed by atoms with van der Waals surface area (Å²) in [5.41, 5.74) is -0.197. The number of hydrogen-bond donors (Lipinski definition) is 1. The number of alkyl halides is 2. The van der Waals surface area contributed by atoms with Gasteiger partial charge in [-0.25, -0.2) is 4.79 Å². The van der Waals surface area contributed by atoms with Gasteiger partial charge >= 0.3 is 12.6 Å². The van der Waals surface area contributed by atoms with Gasteiger partial charge in [-0.3, -0.25) is 4.79 Å². The highest BCUT2D eigenvalue weighted by molar-refractivity contribution is 6.08. The third-order valence-corrected chi connectivity index (χ3v) is 4.96. The second-order valence-electron chi connectivity index (χ2n) is 6.89. The number of ether oxygens (including phenoxy) is 1. The van der Waals surface area contributed by atoms with Crippen molar-refractivity contribution in [3.05, 3.63) is 77.9 Å². The van der Waals surface area contributed by atoms with Gasteiger partial charge in [0.1, 0.15) is 11.3 Å². The van der Waals surface area contributed by atoms with E-state index in [4.69, 9.17) is 0 Å². The number of nitrogens with zero attached hydrogens (tertiary/aromatic N) is 2. The van der Waals surface area contributed by atoms with Crippen LogP contribution >= 0.6 is 0 Å². The van der Waals surface area contributed by atoms with Crippen LogP contribution in [0.4, 0.5) is 13.6 Å². The molecule has 1 saturated heterocycles. The third kappa shape index (κ3) is 3.47. The standard InChI is InChI=1S/C22H17F2N3O3/c1-22(16-9-11-17(12-10-16)30-20(23)24)19(28)27(21(29)26-22)25-13-15-7-4-6-14-5-2-3-8-18(14)15/h2-13,20H,1H3,(H,26,29)/b25-13-/t22-/m0/s1. The predicted octanol–water partition coefficient (Wildman–Crippen LogP) is 4.24.